The molecule has 0 saturated heterocycles. The van der Waals surface area contributed by atoms with Gasteiger partial charge < -0.3 is 10.1 Å². The molecule has 3 aromatic rings. The normalized spacial score (nSPS) is 10.4. The fraction of sp³-hybridized carbons (Fsp3) is 0.0714. The Morgan fingerprint density at radius 3 is 2.83 bits per heavy atom. The van der Waals surface area contributed by atoms with E-state index >= 15 is 0 Å². The molecular formula is C14H10F2N6O2. The van der Waals surface area contributed by atoms with E-state index in [-0.39, 0.29) is 11.6 Å². The SMILES string of the molecule is O=C(COc1ccc(F)cc1F)Nc1cc(-n2cncn2)ncn1. The molecule has 0 aliphatic rings. The molecule has 0 fully saturated rings. The number of aromatic nitrogens is 5. The van der Waals surface area contributed by atoms with Gasteiger partial charge in [-0.2, -0.15) is 5.10 Å². The molecule has 1 aromatic carbocycles. The molecule has 0 spiro atoms. The lowest BCUT2D eigenvalue weighted by Gasteiger charge is -2.08. The Labute approximate surface area is 134 Å². The van der Waals surface area contributed by atoms with Crippen molar-refractivity contribution in [2.75, 3.05) is 11.9 Å². The Bertz CT molecular complexity index is 856. The summed E-state index contributed by atoms with van der Waals surface area (Å²) in [6.07, 6.45) is 4.02. The standard InChI is InChI=1S/C14H10F2N6O2/c15-9-1-2-11(10(16)3-9)24-5-14(23)21-12-4-13(19-7-18-12)22-8-17-6-20-22/h1-4,6-8H,5H2,(H,18,19,21,23). The lowest BCUT2D eigenvalue weighted by molar-refractivity contribution is -0.118. The predicted molar refractivity (Wildman–Crippen MR) is 77.4 cm³/mol. The summed E-state index contributed by atoms with van der Waals surface area (Å²) in [7, 11) is 0. The molecule has 0 atom stereocenters. The average molecular weight is 332 g/mol. The van der Waals surface area contributed by atoms with Crippen LogP contribution in [0.4, 0.5) is 14.6 Å². The van der Waals surface area contributed by atoms with Gasteiger partial charge >= 0.3 is 0 Å². The van der Waals surface area contributed by atoms with Crippen molar-refractivity contribution in [2.45, 2.75) is 0 Å². The van der Waals surface area contributed by atoms with Gasteiger partial charge in [0.25, 0.3) is 5.91 Å². The lowest BCUT2D eigenvalue weighted by Crippen LogP contribution is -2.21. The number of halogens is 2. The maximum atomic E-state index is 13.4. The van der Waals surface area contributed by atoms with Gasteiger partial charge in [0.1, 0.15) is 30.6 Å². The highest BCUT2D eigenvalue weighted by Crippen LogP contribution is 2.17. The van der Waals surface area contributed by atoms with E-state index in [4.69, 9.17) is 4.74 Å². The van der Waals surface area contributed by atoms with Crippen LogP contribution in [0.3, 0.4) is 0 Å². The average Bonchev–Trinajstić information content (AvgIpc) is 3.09. The second kappa shape index (κ2) is 6.77. The number of anilines is 1. The smallest absolute Gasteiger partial charge is 0.263 e. The maximum Gasteiger partial charge on any atom is 0.263 e. The number of carbonyl (C=O) groups is 1. The Morgan fingerprint density at radius 1 is 1.21 bits per heavy atom. The topological polar surface area (TPSA) is 94.8 Å². The summed E-state index contributed by atoms with van der Waals surface area (Å²) in [5.74, 6) is -1.80. The molecular weight excluding hydrogens is 322 g/mol. The minimum Gasteiger partial charge on any atom is -0.481 e. The van der Waals surface area contributed by atoms with Crippen molar-refractivity contribution in [3.63, 3.8) is 0 Å². The maximum absolute atomic E-state index is 13.4. The summed E-state index contributed by atoms with van der Waals surface area (Å²) in [4.78, 5) is 23.5. The van der Waals surface area contributed by atoms with Crippen LogP contribution in [0, 0.1) is 11.6 Å². The molecule has 0 aliphatic heterocycles. The van der Waals surface area contributed by atoms with Gasteiger partial charge in [-0.05, 0) is 12.1 Å². The van der Waals surface area contributed by atoms with Crippen molar-refractivity contribution >= 4 is 11.7 Å². The zero-order chi connectivity index (χ0) is 16.9. The van der Waals surface area contributed by atoms with E-state index in [9.17, 15) is 13.6 Å². The first-order valence-electron chi connectivity index (χ1n) is 6.66. The molecule has 122 valence electrons. The van der Waals surface area contributed by atoms with Crippen LogP contribution in [-0.4, -0.2) is 37.2 Å². The highest BCUT2D eigenvalue weighted by atomic mass is 19.1. The number of benzene rings is 1. The third-order valence-corrected chi connectivity index (χ3v) is 2.83. The Balaban J connectivity index is 1.62. The molecule has 0 bridgehead atoms. The van der Waals surface area contributed by atoms with Crippen LogP contribution < -0.4 is 10.1 Å². The van der Waals surface area contributed by atoms with E-state index in [2.05, 4.69) is 25.4 Å². The molecule has 1 amide bonds. The fourth-order valence-corrected chi connectivity index (χ4v) is 1.78. The number of rotatable bonds is 5. The molecule has 3 rings (SSSR count). The monoisotopic (exact) mass is 332 g/mol. The van der Waals surface area contributed by atoms with Crippen molar-refractivity contribution < 1.29 is 18.3 Å². The highest BCUT2D eigenvalue weighted by molar-refractivity contribution is 5.91. The first kappa shape index (κ1) is 15.5. The second-order valence-corrected chi connectivity index (χ2v) is 4.51. The number of hydrogen-bond donors (Lipinski definition) is 1. The number of amides is 1. The van der Waals surface area contributed by atoms with Crippen molar-refractivity contribution in [1.82, 2.24) is 24.7 Å². The van der Waals surface area contributed by atoms with Crippen LogP contribution in [0.1, 0.15) is 0 Å². The van der Waals surface area contributed by atoms with E-state index in [1.165, 1.54) is 29.7 Å². The quantitative estimate of drug-likeness (QED) is 0.758. The first-order valence-corrected chi connectivity index (χ1v) is 6.66. The van der Waals surface area contributed by atoms with Crippen LogP contribution in [-0.2, 0) is 4.79 Å². The molecule has 0 aliphatic carbocycles. The van der Waals surface area contributed by atoms with Crippen molar-refractivity contribution in [3.8, 4) is 11.6 Å². The molecule has 10 heteroatoms. The summed E-state index contributed by atoms with van der Waals surface area (Å²) in [5.41, 5.74) is 0. The molecule has 0 saturated carbocycles. The Morgan fingerprint density at radius 2 is 2.08 bits per heavy atom. The van der Waals surface area contributed by atoms with Crippen LogP contribution in [0.15, 0.2) is 43.2 Å². The van der Waals surface area contributed by atoms with Crippen LogP contribution in [0.5, 0.6) is 5.75 Å². The number of nitrogens with zero attached hydrogens (tertiary/aromatic N) is 5. The van der Waals surface area contributed by atoms with Crippen molar-refractivity contribution in [1.29, 1.82) is 0 Å². The van der Waals surface area contributed by atoms with E-state index in [1.807, 2.05) is 0 Å². The number of carbonyl (C=O) groups excluding carboxylic acids is 1. The van der Waals surface area contributed by atoms with Gasteiger partial charge in [0.05, 0.1) is 0 Å². The van der Waals surface area contributed by atoms with Gasteiger partial charge in [0.2, 0.25) is 0 Å². The van der Waals surface area contributed by atoms with Crippen LogP contribution in [0.2, 0.25) is 0 Å². The summed E-state index contributed by atoms with van der Waals surface area (Å²) in [6, 6.07) is 4.28. The zero-order valence-electron chi connectivity index (χ0n) is 12.1. The first-order chi connectivity index (χ1) is 11.6. The molecule has 0 radical (unpaired) electrons. The Hall–Kier alpha value is -3.43. The minimum absolute atomic E-state index is 0.212. The van der Waals surface area contributed by atoms with Crippen LogP contribution in [0.25, 0.3) is 5.82 Å². The van der Waals surface area contributed by atoms with Crippen LogP contribution >= 0.6 is 0 Å². The molecule has 2 heterocycles. The highest BCUT2D eigenvalue weighted by Gasteiger charge is 2.10. The number of hydrogen-bond acceptors (Lipinski definition) is 6. The molecule has 2 aromatic heterocycles. The molecule has 24 heavy (non-hydrogen) atoms. The largest absolute Gasteiger partial charge is 0.481 e. The third-order valence-electron chi connectivity index (χ3n) is 2.83. The number of ether oxygens (including phenoxy) is 1. The summed E-state index contributed by atoms with van der Waals surface area (Å²) in [6.45, 7) is -0.467. The lowest BCUT2D eigenvalue weighted by atomic mass is 10.3. The zero-order valence-corrected chi connectivity index (χ0v) is 12.1. The van der Waals surface area contributed by atoms with Crippen molar-refractivity contribution in [2.24, 2.45) is 0 Å². The van der Waals surface area contributed by atoms with Gasteiger partial charge in [-0.15, -0.1) is 0 Å². The molecule has 8 nitrogen and oxygen atoms in total. The summed E-state index contributed by atoms with van der Waals surface area (Å²) < 4.78 is 32.6. The van der Waals surface area contributed by atoms with E-state index < -0.39 is 24.1 Å². The second-order valence-electron chi connectivity index (χ2n) is 4.51. The van der Waals surface area contributed by atoms with Gasteiger partial charge in [-0.3, -0.25) is 4.79 Å². The van der Waals surface area contributed by atoms with E-state index in [0.29, 0.717) is 11.9 Å². The third kappa shape index (κ3) is 3.66. The van der Waals surface area contributed by atoms with Gasteiger partial charge in [-0.25, -0.2) is 28.4 Å². The fourth-order valence-electron chi connectivity index (χ4n) is 1.78. The Kier molecular flexibility index (Phi) is 4.36. The van der Waals surface area contributed by atoms with Gasteiger partial charge in [-0.1, -0.05) is 0 Å². The van der Waals surface area contributed by atoms with E-state index in [1.54, 1.807) is 0 Å². The summed E-state index contributed by atoms with van der Waals surface area (Å²) in [5, 5.41) is 6.38. The van der Waals surface area contributed by atoms with Crippen molar-refractivity contribution in [3.05, 3.63) is 54.9 Å². The van der Waals surface area contributed by atoms with E-state index in [0.717, 1.165) is 12.1 Å². The van der Waals surface area contributed by atoms with Gasteiger partial charge in [0.15, 0.2) is 24.0 Å². The minimum atomic E-state index is -0.890. The molecule has 1 N–H and O–H groups in total. The van der Waals surface area contributed by atoms with Gasteiger partial charge in [0, 0.05) is 12.1 Å². The molecule has 0 unspecified atom stereocenters. The summed E-state index contributed by atoms with van der Waals surface area (Å²) >= 11 is 0. The predicted octanol–water partition coefficient (Wildman–Crippen LogP) is 1.35. The number of nitrogens with one attached hydrogen (secondary N) is 1.